The van der Waals surface area contributed by atoms with Gasteiger partial charge in [0.25, 0.3) is 0 Å². The minimum Gasteiger partial charge on any atom is -0.309 e. The Hall–Kier alpha value is -6.91. The molecule has 10 aromatic rings. The van der Waals surface area contributed by atoms with Gasteiger partial charge in [0, 0.05) is 44.5 Å². The summed E-state index contributed by atoms with van der Waals surface area (Å²) in [5.41, 5.74) is 12.8. The Morgan fingerprint density at radius 3 is 1.45 bits per heavy atom. The second-order valence-electron chi connectivity index (χ2n) is 14.0. The number of fused-ring (bicyclic) bond motifs is 7. The molecule has 4 heteroatoms. The summed E-state index contributed by atoms with van der Waals surface area (Å²) in [6.45, 7) is 0. The highest BCUT2D eigenvalue weighted by Gasteiger charge is 2.24. The Labute approximate surface area is 306 Å². The summed E-state index contributed by atoms with van der Waals surface area (Å²) in [5, 5.41) is 5.02. The number of aromatic nitrogens is 4. The summed E-state index contributed by atoms with van der Waals surface area (Å²) in [5.74, 6) is 1.15. The smallest absolute Gasteiger partial charge is 0.121 e. The van der Waals surface area contributed by atoms with E-state index in [4.69, 9.17) is 4.98 Å². The van der Waals surface area contributed by atoms with Gasteiger partial charge in [0.05, 0.1) is 33.1 Å². The molecule has 0 spiro atoms. The number of rotatable bonds is 5. The standard InChI is InChI=1S/C49H34N4/c1-2-17-36(18-3-1)53-48-28-13-8-23-43(48)50-49(53)34-16-14-15-33(29-34)35-30-37(51-44-24-9-4-19-39(44)40-20-5-10-25-45(40)51)32-38(31-35)52-46-26-11-6-21-41(46)42-22-7-12-27-47(42)52/h1-28,30-32,34H,29H2. The fourth-order valence-corrected chi connectivity index (χ4v) is 8.65. The normalized spacial score (nSPS) is 14.6. The fraction of sp³-hybridized carbons (Fsp3) is 0.0408. The maximum atomic E-state index is 5.27. The van der Waals surface area contributed by atoms with E-state index in [1.807, 2.05) is 0 Å². The van der Waals surface area contributed by atoms with E-state index in [9.17, 15) is 0 Å². The van der Waals surface area contributed by atoms with Gasteiger partial charge >= 0.3 is 0 Å². The third-order valence-corrected chi connectivity index (χ3v) is 11.0. The molecule has 0 N–H and O–H groups in total. The average molecular weight is 679 g/mol. The van der Waals surface area contributed by atoms with Gasteiger partial charge in [-0.15, -0.1) is 0 Å². The summed E-state index contributed by atoms with van der Waals surface area (Å²) >= 11 is 0. The van der Waals surface area contributed by atoms with Crippen LogP contribution >= 0.6 is 0 Å². The van der Waals surface area contributed by atoms with Gasteiger partial charge in [0.15, 0.2) is 0 Å². The third-order valence-electron chi connectivity index (χ3n) is 11.0. The average Bonchev–Trinajstić information content (AvgIpc) is 3.89. The first kappa shape index (κ1) is 29.8. The van der Waals surface area contributed by atoms with Crippen molar-refractivity contribution in [2.75, 3.05) is 0 Å². The molecule has 0 radical (unpaired) electrons. The van der Waals surface area contributed by atoms with Crippen LogP contribution in [-0.2, 0) is 0 Å². The van der Waals surface area contributed by atoms with Crippen molar-refractivity contribution in [3.05, 3.63) is 199 Å². The largest absolute Gasteiger partial charge is 0.309 e. The number of hydrogen-bond acceptors (Lipinski definition) is 1. The topological polar surface area (TPSA) is 27.7 Å². The molecule has 3 aromatic heterocycles. The first-order chi connectivity index (χ1) is 26.3. The molecule has 11 rings (SSSR count). The summed E-state index contributed by atoms with van der Waals surface area (Å²) in [6, 6.07) is 61.3. The summed E-state index contributed by atoms with van der Waals surface area (Å²) in [6.07, 6.45) is 7.67. The molecule has 0 amide bonds. The maximum absolute atomic E-state index is 5.27. The molecule has 0 saturated heterocycles. The van der Waals surface area contributed by atoms with Crippen LogP contribution in [0.15, 0.2) is 188 Å². The van der Waals surface area contributed by atoms with E-state index in [0.717, 1.165) is 40.3 Å². The molecule has 250 valence electrons. The molecule has 3 heterocycles. The molecule has 1 atom stereocenters. The highest BCUT2D eigenvalue weighted by Crippen LogP contribution is 2.40. The van der Waals surface area contributed by atoms with Crippen LogP contribution in [0.3, 0.4) is 0 Å². The van der Waals surface area contributed by atoms with Crippen molar-refractivity contribution in [1.29, 1.82) is 0 Å². The van der Waals surface area contributed by atoms with Gasteiger partial charge < -0.3 is 9.13 Å². The van der Waals surface area contributed by atoms with Crippen LogP contribution in [0.4, 0.5) is 0 Å². The quantitative estimate of drug-likeness (QED) is 0.178. The van der Waals surface area contributed by atoms with Crippen LogP contribution in [0.2, 0.25) is 0 Å². The Balaban J connectivity index is 1.13. The molecule has 1 aliphatic carbocycles. The minimum absolute atomic E-state index is 0.0937. The van der Waals surface area contributed by atoms with Crippen LogP contribution in [0, 0.1) is 0 Å². The molecule has 1 unspecified atom stereocenters. The van der Waals surface area contributed by atoms with Crippen molar-refractivity contribution in [3.63, 3.8) is 0 Å². The van der Waals surface area contributed by atoms with E-state index in [0.29, 0.717) is 0 Å². The van der Waals surface area contributed by atoms with Crippen molar-refractivity contribution in [1.82, 2.24) is 18.7 Å². The van der Waals surface area contributed by atoms with Crippen LogP contribution < -0.4 is 0 Å². The number of nitrogens with zero attached hydrogens (tertiary/aromatic N) is 4. The van der Waals surface area contributed by atoms with E-state index < -0.39 is 0 Å². The highest BCUT2D eigenvalue weighted by molar-refractivity contribution is 6.10. The summed E-state index contributed by atoms with van der Waals surface area (Å²) in [7, 11) is 0. The molecule has 0 saturated carbocycles. The number of benzene rings is 7. The molecule has 1 aliphatic rings. The second kappa shape index (κ2) is 11.8. The molecular formula is C49H34N4. The SMILES string of the molecule is C1=CC(c2nc3ccccc3n2-c2ccccc2)CC(c2cc(-n3c4ccccc4c4ccccc43)cc(-n3c4ccccc4c4ccccc43)c2)=C1. The zero-order valence-corrected chi connectivity index (χ0v) is 29.0. The molecule has 0 fully saturated rings. The summed E-state index contributed by atoms with van der Waals surface area (Å²) in [4.78, 5) is 5.27. The van der Waals surface area contributed by atoms with E-state index >= 15 is 0 Å². The lowest BCUT2D eigenvalue weighted by Crippen LogP contribution is -2.09. The van der Waals surface area contributed by atoms with E-state index in [2.05, 4.69) is 202 Å². The zero-order valence-electron chi connectivity index (χ0n) is 29.0. The van der Waals surface area contributed by atoms with Gasteiger partial charge in [-0.05, 0) is 84.3 Å². The van der Waals surface area contributed by atoms with Crippen LogP contribution in [0.1, 0.15) is 23.7 Å². The lowest BCUT2D eigenvalue weighted by atomic mass is 9.89. The van der Waals surface area contributed by atoms with Gasteiger partial charge in [0.2, 0.25) is 0 Å². The monoisotopic (exact) mass is 678 g/mol. The van der Waals surface area contributed by atoms with E-state index in [1.54, 1.807) is 0 Å². The minimum atomic E-state index is 0.0937. The van der Waals surface area contributed by atoms with E-state index in [-0.39, 0.29) is 5.92 Å². The first-order valence-corrected chi connectivity index (χ1v) is 18.3. The predicted octanol–water partition coefficient (Wildman–Crippen LogP) is 12.3. The van der Waals surface area contributed by atoms with Crippen molar-refractivity contribution >= 4 is 60.2 Å². The number of allylic oxidation sites excluding steroid dienone is 4. The Morgan fingerprint density at radius 1 is 0.434 bits per heavy atom. The van der Waals surface area contributed by atoms with Gasteiger partial charge in [0.1, 0.15) is 5.82 Å². The lowest BCUT2D eigenvalue weighted by molar-refractivity contribution is 0.767. The number of hydrogen-bond donors (Lipinski definition) is 0. The van der Waals surface area contributed by atoms with Crippen molar-refractivity contribution in [2.45, 2.75) is 12.3 Å². The Bertz CT molecular complexity index is 2860. The molecule has 0 bridgehead atoms. The molecule has 7 aromatic carbocycles. The van der Waals surface area contributed by atoms with Gasteiger partial charge in [-0.25, -0.2) is 4.98 Å². The van der Waals surface area contributed by atoms with Gasteiger partial charge in [-0.3, -0.25) is 4.57 Å². The van der Waals surface area contributed by atoms with Gasteiger partial charge in [-0.2, -0.15) is 0 Å². The maximum Gasteiger partial charge on any atom is 0.121 e. The van der Waals surface area contributed by atoms with Crippen molar-refractivity contribution in [2.24, 2.45) is 0 Å². The molecule has 53 heavy (non-hydrogen) atoms. The number of imidazole rings is 1. The van der Waals surface area contributed by atoms with E-state index in [1.165, 1.54) is 54.7 Å². The molecule has 0 aliphatic heterocycles. The van der Waals surface area contributed by atoms with Gasteiger partial charge in [-0.1, -0.05) is 121 Å². The molecular weight excluding hydrogens is 645 g/mol. The lowest BCUT2D eigenvalue weighted by Gasteiger charge is -2.22. The first-order valence-electron chi connectivity index (χ1n) is 18.3. The van der Waals surface area contributed by atoms with Crippen LogP contribution in [0.25, 0.3) is 77.3 Å². The highest BCUT2D eigenvalue weighted by atomic mass is 15.1. The molecule has 4 nitrogen and oxygen atoms in total. The Kier molecular flexibility index (Phi) is 6.65. The number of para-hydroxylation sites is 7. The Morgan fingerprint density at radius 2 is 0.906 bits per heavy atom. The van der Waals surface area contributed by atoms with Crippen LogP contribution in [0.5, 0.6) is 0 Å². The fourth-order valence-electron chi connectivity index (χ4n) is 8.65. The van der Waals surface area contributed by atoms with Crippen molar-refractivity contribution < 1.29 is 0 Å². The second-order valence-corrected chi connectivity index (χ2v) is 14.0. The predicted molar refractivity (Wildman–Crippen MR) is 221 cm³/mol. The summed E-state index contributed by atoms with van der Waals surface area (Å²) < 4.78 is 7.22. The third kappa shape index (κ3) is 4.66. The zero-order chi connectivity index (χ0) is 34.9. The van der Waals surface area contributed by atoms with Crippen LogP contribution in [-0.4, -0.2) is 18.7 Å². The van der Waals surface area contributed by atoms with Crippen molar-refractivity contribution in [3.8, 4) is 17.1 Å².